The highest BCUT2D eigenvalue weighted by Gasteiger charge is 2.38. The first-order valence-corrected chi connectivity index (χ1v) is 49.4. The van der Waals surface area contributed by atoms with Gasteiger partial charge in [-0.15, -0.1) is 0 Å². The first-order valence-electron chi connectivity index (χ1n) is 49.4. The van der Waals surface area contributed by atoms with E-state index >= 15 is 0 Å². The Morgan fingerprint density at radius 2 is 0.578 bits per heavy atom. The van der Waals surface area contributed by atoms with Crippen molar-refractivity contribution in [2.24, 2.45) is 0 Å². The minimum absolute atomic E-state index is 0.0575. The highest BCUT2D eigenvalue weighted by molar-refractivity contribution is 6.03. The number of hydrogen-bond donors (Lipinski definition) is 10. The van der Waals surface area contributed by atoms with Crippen LogP contribution in [0.5, 0.6) is 0 Å². The van der Waals surface area contributed by atoms with Crippen LogP contribution in [0.4, 0.5) is 83.9 Å². The number of aromatic amines is 5. The number of fused-ring (bicyclic) bond motifs is 10. The van der Waals surface area contributed by atoms with Crippen LogP contribution in [0.1, 0.15) is 79.2 Å². The Hall–Kier alpha value is -17.2. The Morgan fingerprint density at radius 3 is 0.884 bits per heavy atom. The van der Waals surface area contributed by atoms with Crippen molar-refractivity contribution in [1.82, 2.24) is 105 Å². The van der Waals surface area contributed by atoms with E-state index in [2.05, 4.69) is 247 Å². The second-order valence-electron chi connectivity index (χ2n) is 37.8. The number of piperidine rings is 4. The number of piperazine rings is 1. The van der Waals surface area contributed by atoms with E-state index in [9.17, 15) is 26.3 Å². The molecule has 26 nitrogen and oxygen atoms in total. The molecule has 5 aliphatic heterocycles. The molecule has 15 heterocycles. The Morgan fingerprint density at radius 1 is 0.293 bits per heavy atom. The van der Waals surface area contributed by atoms with Crippen LogP contribution in [0.3, 0.4) is 0 Å². The molecule has 5 fully saturated rings. The Bertz CT molecular complexity index is 8100. The summed E-state index contributed by atoms with van der Waals surface area (Å²) in [5.41, 5.74) is 22.6. The number of likely N-dealkylation sites (N-methyl/N-ethyl adjacent to an activating group) is 1. The van der Waals surface area contributed by atoms with Gasteiger partial charge in [-0.05, 0) is 214 Å². The van der Waals surface area contributed by atoms with E-state index in [1.165, 1.54) is 16.3 Å². The highest BCUT2D eigenvalue weighted by Crippen LogP contribution is 2.42. The van der Waals surface area contributed by atoms with Gasteiger partial charge >= 0.3 is 0 Å². The van der Waals surface area contributed by atoms with Gasteiger partial charge in [-0.2, -0.15) is 25.5 Å². The maximum Gasteiger partial charge on any atom is 0.265 e. The van der Waals surface area contributed by atoms with Crippen LogP contribution in [-0.2, 0) is 0 Å². The summed E-state index contributed by atoms with van der Waals surface area (Å²) in [6.07, 6.45) is 10.1. The average Bonchev–Trinajstić information content (AvgIpc) is 1.59. The van der Waals surface area contributed by atoms with Gasteiger partial charge in [0, 0.05) is 207 Å². The normalized spacial score (nSPS) is 15.9. The molecule has 0 saturated carbocycles. The fourth-order valence-electron chi connectivity index (χ4n) is 20.0. The zero-order valence-electron chi connectivity index (χ0n) is 81.2. The Balaban J connectivity index is 0.000000108. The van der Waals surface area contributed by atoms with Crippen LogP contribution in [0, 0.1) is 0 Å². The molecule has 20 aromatic rings. The molecule has 1 atom stereocenters. The van der Waals surface area contributed by atoms with Crippen LogP contribution in [0.15, 0.2) is 307 Å². The molecule has 32 heteroatoms. The molecule has 5 aliphatic rings. The number of anilines is 10. The minimum atomic E-state index is -2.66. The van der Waals surface area contributed by atoms with Gasteiger partial charge < -0.3 is 56.0 Å². The van der Waals surface area contributed by atoms with E-state index in [0.29, 0.717) is 80.8 Å². The van der Waals surface area contributed by atoms with Gasteiger partial charge in [-0.3, -0.25) is 50.4 Å². The lowest BCUT2D eigenvalue weighted by atomic mass is 9.99. The van der Waals surface area contributed by atoms with E-state index in [1.54, 1.807) is 35.9 Å². The number of nitrogens with one attached hydrogen (secondary N) is 10. The number of likely N-dealkylation sites (tertiary alicyclic amines) is 4. The average molecular weight is 1970 g/mol. The molecule has 0 aliphatic carbocycles. The van der Waals surface area contributed by atoms with Crippen LogP contribution in [0.25, 0.3) is 138 Å². The van der Waals surface area contributed by atoms with Crippen molar-refractivity contribution >= 4 is 195 Å². The number of alkyl halides is 6. The molecule has 10 N–H and O–H groups in total. The number of hydrogen-bond acceptors (Lipinski definition) is 21. The van der Waals surface area contributed by atoms with Crippen molar-refractivity contribution in [2.75, 3.05) is 112 Å². The molecule has 25 rings (SSSR count). The van der Waals surface area contributed by atoms with Crippen LogP contribution < -0.4 is 26.6 Å². The molecular weight excluding hydrogens is 1860 g/mol. The summed E-state index contributed by atoms with van der Waals surface area (Å²) >= 11 is 0. The van der Waals surface area contributed by atoms with Crippen molar-refractivity contribution in [3.63, 3.8) is 0 Å². The van der Waals surface area contributed by atoms with Gasteiger partial charge in [0.2, 0.25) is 0 Å². The van der Waals surface area contributed by atoms with Crippen LogP contribution in [0.2, 0.25) is 0 Å². The summed E-state index contributed by atoms with van der Waals surface area (Å²) in [6.45, 7) is 29.2. The third kappa shape index (κ3) is 21.3. The van der Waals surface area contributed by atoms with Crippen molar-refractivity contribution in [1.29, 1.82) is 0 Å². The quantitative estimate of drug-likeness (QED) is 0.0317. The number of benzene rings is 10. The van der Waals surface area contributed by atoms with Crippen molar-refractivity contribution in [3.05, 3.63) is 334 Å². The second kappa shape index (κ2) is 42.0. The number of pyridine rings is 5. The third-order valence-corrected chi connectivity index (χ3v) is 28.0. The van der Waals surface area contributed by atoms with Crippen molar-refractivity contribution < 1.29 is 26.3 Å². The Kier molecular flexibility index (Phi) is 27.4. The summed E-state index contributed by atoms with van der Waals surface area (Å²) in [6, 6.07) is 80.6. The smallest absolute Gasteiger partial charge is 0.265 e. The standard InChI is InChI=1S/2C23H21F2N5.2C23H22FN5.C23H24N6/c1-15(30-12-4-10-23(24,25)14-30)18-6-2-5-16-13-17(8-9-19(16)18)27-22-21-20(28-29-22)7-3-11-26-21;1-15(30-12-9-23(24,25)10-13-30)18-5-2-4-16-14-17(7-8-19(16)18)27-22-21-20(28-29-22)6-3-11-26-21;1-15(29-12-4-6-17(24)14-29)19-7-2-5-16-13-18(9-10-20(16)19)26-23-22-21(27-28-23)8-3-11-25-22;1-15(29-12-9-17(24)10-13-29)19-5-2-4-16-14-18(7-8-20(16)19)26-23-22-21(27-28-23)6-3-11-25-22;1-16(29-13-11-28(2)12-14-29)19-6-3-5-17-15-18(8-9-20(17)19)25-23-22-21(26-27-23)7-4-10-24-22/h2-3,5-9,11,13H,1,4,10,12,14H2,(H2,27,28,29);2-8,11,14H,1,9-10,12-13H2,(H2,27,28,29);2-3,5,7-11,13,17H,1,4,6,12,14H2,(H2,26,27,28);2-8,11,14,17H,1,9-10,12-13H2,(H2,26,27,28);3-10,15H,1,11-14H2,2H3,(H2,25,26,27). The molecule has 147 heavy (non-hydrogen) atoms. The lowest BCUT2D eigenvalue weighted by molar-refractivity contribution is -0.0491. The van der Waals surface area contributed by atoms with E-state index in [1.807, 2.05) is 163 Å². The molecule has 5 saturated heterocycles. The molecular formula is C115H110F6N26. The topological polar surface area (TPSA) is 287 Å². The van der Waals surface area contributed by atoms with Gasteiger partial charge in [0.05, 0.1) is 34.1 Å². The van der Waals surface area contributed by atoms with Gasteiger partial charge in [-0.25, -0.2) is 26.3 Å². The van der Waals surface area contributed by atoms with Crippen molar-refractivity contribution in [3.8, 4) is 0 Å². The molecule has 1 unspecified atom stereocenters. The van der Waals surface area contributed by atoms with Gasteiger partial charge in [0.15, 0.2) is 29.1 Å². The van der Waals surface area contributed by atoms with Gasteiger partial charge in [-0.1, -0.05) is 154 Å². The molecule has 742 valence electrons. The van der Waals surface area contributed by atoms with E-state index in [0.717, 1.165) is 230 Å². The van der Waals surface area contributed by atoms with Gasteiger partial charge in [0.1, 0.15) is 39.9 Å². The van der Waals surface area contributed by atoms with Crippen molar-refractivity contribution in [2.45, 2.75) is 75.6 Å². The summed E-state index contributed by atoms with van der Waals surface area (Å²) in [4.78, 5) is 34.6. The lowest BCUT2D eigenvalue weighted by Crippen LogP contribution is -2.43. The Labute approximate surface area is 843 Å². The number of aromatic nitrogens is 15. The third-order valence-electron chi connectivity index (χ3n) is 28.0. The minimum Gasteiger partial charge on any atom is -0.371 e. The maximum absolute atomic E-state index is 13.9. The number of halogens is 6. The van der Waals surface area contributed by atoms with E-state index < -0.39 is 24.2 Å². The highest BCUT2D eigenvalue weighted by atomic mass is 19.3. The molecule has 10 aromatic heterocycles. The maximum atomic E-state index is 13.9. The first-order chi connectivity index (χ1) is 71.6. The summed E-state index contributed by atoms with van der Waals surface area (Å²) in [5.74, 6) is -1.78. The largest absolute Gasteiger partial charge is 0.371 e. The second-order valence-corrected chi connectivity index (χ2v) is 37.8. The predicted octanol–water partition coefficient (Wildman–Crippen LogP) is 25.7. The summed E-state index contributed by atoms with van der Waals surface area (Å²) < 4.78 is 82.2. The van der Waals surface area contributed by atoms with Gasteiger partial charge in [0.25, 0.3) is 11.8 Å². The lowest BCUT2D eigenvalue weighted by Gasteiger charge is -2.35. The molecule has 0 bridgehead atoms. The molecule has 0 spiro atoms. The summed E-state index contributed by atoms with van der Waals surface area (Å²) in [7, 11) is 2.17. The molecule has 0 radical (unpaired) electrons. The monoisotopic (exact) mass is 1970 g/mol. The molecule has 10 aromatic carbocycles. The fraction of sp³-hybridized carbons (Fsp3) is 0.217. The zero-order chi connectivity index (χ0) is 101. The number of H-pyrrole nitrogens is 5. The number of nitrogens with zero attached hydrogens (tertiary/aromatic N) is 16. The summed E-state index contributed by atoms with van der Waals surface area (Å²) in [5, 5.41) is 64.2. The predicted molar refractivity (Wildman–Crippen MR) is 583 cm³/mol. The fourth-order valence-corrected chi connectivity index (χ4v) is 20.0. The zero-order valence-corrected chi connectivity index (χ0v) is 81.2. The number of rotatable bonds is 20. The molecule has 0 amide bonds. The van der Waals surface area contributed by atoms with E-state index in [-0.39, 0.29) is 25.8 Å². The first kappa shape index (κ1) is 96.0. The van der Waals surface area contributed by atoms with Crippen LogP contribution in [-0.4, -0.2) is 215 Å². The SMILES string of the molecule is C=C(c1cccc2cc(Nc3n[nH]c4cccnc34)ccc12)N1CCC(F)(F)CC1.C=C(c1cccc2cc(Nc3n[nH]c4cccnc34)ccc12)N1CCC(F)CC1.C=C(c1cccc2cc(Nc3n[nH]c4cccnc34)ccc12)N1CCCC(F)(F)C1.C=C(c1cccc2cc(Nc3n[nH]c4cccnc34)ccc12)N1CCCC(F)C1.C=C(c1cccc2cc(Nc3n[nH]c4cccnc34)ccc12)N1CCN(C)CC1. The van der Waals surface area contributed by atoms with E-state index in [4.69, 9.17) is 0 Å². The van der Waals surface area contributed by atoms with Crippen LogP contribution >= 0.6 is 0 Å².